The Labute approximate surface area is 125 Å². The van der Waals surface area contributed by atoms with Crippen LogP contribution >= 0.6 is 11.8 Å². The number of hydrogen-bond acceptors (Lipinski definition) is 3. The van der Waals surface area contributed by atoms with Gasteiger partial charge in [-0.2, -0.15) is 0 Å². The Morgan fingerprint density at radius 1 is 1.15 bits per heavy atom. The van der Waals surface area contributed by atoms with Gasteiger partial charge in [0.25, 0.3) is 0 Å². The van der Waals surface area contributed by atoms with Gasteiger partial charge in [-0.3, -0.25) is 0 Å². The highest BCUT2D eigenvalue weighted by Crippen LogP contribution is 2.32. The van der Waals surface area contributed by atoms with Crippen LogP contribution in [0.3, 0.4) is 0 Å². The fourth-order valence-electron chi connectivity index (χ4n) is 2.15. The first-order chi connectivity index (χ1) is 9.60. The van der Waals surface area contributed by atoms with Gasteiger partial charge in [0.05, 0.1) is 0 Å². The molecule has 2 N–H and O–H groups in total. The maximum atomic E-state index is 6.04. The van der Waals surface area contributed by atoms with Crippen LogP contribution in [0, 0.1) is 6.92 Å². The standard InChI is InChI=1S/C17H21NOS/c1-12-10-14(11-13(2)18)8-9-15(12)19-16-6-4-5-7-17(16)20-3/h4-10,13H,11,18H2,1-3H3. The van der Waals surface area contributed by atoms with Gasteiger partial charge < -0.3 is 10.5 Å². The van der Waals surface area contributed by atoms with Crippen LogP contribution < -0.4 is 10.5 Å². The van der Waals surface area contributed by atoms with Crippen molar-refractivity contribution >= 4 is 11.8 Å². The minimum Gasteiger partial charge on any atom is -0.456 e. The number of nitrogens with two attached hydrogens (primary N) is 1. The van der Waals surface area contributed by atoms with Gasteiger partial charge in [0.1, 0.15) is 11.5 Å². The maximum absolute atomic E-state index is 6.04. The first-order valence-corrected chi connectivity index (χ1v) is 7.98. The molecule has 3 heteroatoms. The zero-order valence-electron chi connectivity index (χ0n) is 12.2. The normalized spacial score (nSPS) is 12.2. The molecular weight excluding hydrogens is 266 g/mol. The number of benzene rings is 2. The molecule has 0 heterocycles. The van der Waals surface area contributed by atoms with Crippen molar-refractivity contribution in [3.63, 3.8) is 0 Å². The van der Waals surface area contributed by atoms with Crippen molar-refractivity contribution in [2.24, 2.45) is 5.73 Å². The van der Waals surface area contributed by atoms with Gasteiger partial charge in [0.2, 0.25) is 0 Å². The summed E-state index contributed by atoms with van der Waals surface area (Å²) >= 11 is 1.69. The van der Waals surface area contributed by atoms with Crippen LogP contribution in [0.1, 0.15) is 18.1 Å². The molecule has 0 fully saturated rings. The van der Waals surface area contributed by atoms with Crippen LogP contribution in [-0.4, -0.2) is 12.3 Å². The summed E-state index contributed by atoms with van der Waals surface area (Å²) < 4.78 is 6.04. The molecule has 0 amide bonds. The highest BCUT2D eigenvalue weighted by atomic mass is 32.2. The van der Waals surface area contributed by atoms with Crippen molar-refractivity contribution in [1.82, 2.24) is 0 Å². The van der Waals surface area contributed by atoms with Crippen molar-refractivity contribution in [3.8, 4) is 11.5 Å². The summed E-state index contributed by atoms with van der Waals surface area (Å²) in [5.74, 6) is 1.81. The molecule has 2 nitrogen and oxygen atoms in total. The predicted molar refractivity (Wildman–Crippen MR) is 86.8 cm³/mol. The first-order valence-electron chi connectivity index (χ1n) is 6.76. The van der Waals surface area contributed by atoms with Crippen molar-refractivity contribution in [3.05, 3.63) is 53.6 Å². The second-order valence-corrected chi connectivity index (χ2v) is 5.88. The first kappa shape index (κ1) is 14.9. The average molecular weight is 287 g/mol. The summed E-state index contributed by atoms with van der Waals surface area (Å²) in [5, 5.41) is 0. The molecule has 1 atom stereocenters. The predicted octanol–water partition coefficient (Wildman–Crippen LogP) is 4.40. The van der Waals surface area contributed by atoms with Gasteiger partial charge in [-0.1, -0.05) is 24.3 Å². The smallest absolute Gasteiger partial charge is 0.140 e. The van der Waals surface area contributed by atoms with E-state index in [1.807, 2.05) is 31.2 Å². The molecule has 2 aromatic rings. The molecule has 0 spiro atoms. The van der Waals surface area contributed by atoms with Gasteiger partial charge in [0, 0.05) is 10.9 Å². The summed E-state index contributed by atoms with van der Waals surface area (Å²) in [7, 11) is 0. The largest absolute Gasteiger partial charge is 0.456 e. The van der Waals surface area contributed by atoms with Crippen LogP contribution in [-0.2, 0) is 6.42 Å². The Hall–Kier alpha value is -1.45. The molecule has 0 aliphatic rings. The Bertz CT molecular complexity index is 581. The highest BCUT2D eigenvalue weighted by Gasteiger charge is 2.07. The van der Waals surface area contributed by atoms with Crippen molar-refractivity contribution in [2.75, 3.05) is 6.26 Å². The zero-order valence-corrected chi connectivity index (χ0v) is 13.0. The molecule has 0 radical (unpaired) electrons. The second-order valence-electron chi connectivity index (χ2n) is 5.03. The molecule has 1 unspecified atom stereocenters. The molecule has 0 saturated carbocycles. The van der Waals surface area contributed by atoms with Crippen LogP contribution in [0.4, 0.5) is 0 Å². The zero-order chi connectivity index (χ0) is 14.5. The van der Waals surface area contributed by atoms with Crippen LogP contribution in [0.15, 0.2) is 47.4 Å². The van der Waals surface area contributed by atoms with E-state index < -0.39 is 0 Å². The third kappa shape index (κ3) is 3.78. The van der Waals surface area contributed by atoms with Crippen LogP contribution in [0.25, 0.3) is 0 Å². The molecule has 0 saturated heterocycles. The monoisotopic (exact) mass is 287 g/mol. The van der Waals surface area contributed by atoms with E-state index in [4.69, 9.17) is 10.5 Å². The topological polar surface area (TPSA) is 35.2 Å². The Balaban J connectivity index is 2.21. The van der Waals surface area contributed by atoms with E-state index in [2.05, 4.69) is 31.4 Å². The molecular formula is C17H21NOS. The lowest BCUT2D eigenvalue weighted by Crippen LogP contribution is -2.17. The molecule has 0 aliphatic carbocycles. The van der Waals surface area contributed by atoms with Crippen molar-refractivity contribution in [2.45, 2.75) is 31.2 Å². The number of rotatable bonds is 5. The number of ether oxygens (including phenoxy) is 1. The van der Waals surface area contributed by atoms with Gasteiger partial charge in [0.15, 0.2) is 0 Å². The van der Waals surface area contributed by atoms with E-state index in [0.29, 0.717) is 0 Å². The fraction of sp³-hybridized carbons (Fsp3) is 0.294. The van der Waals surface area contributed by atoms with Crippen molar-refractivity contribution in [1.29, 1.82) is 0 Å². The minimum absolute atomic E-state index is 0.179. The van der Waals surface area contributed by atoms with E-state index in [-0.39, 0.29) is 6.04 Å². The quantitative estimate of drug-likeness (QED) is 0.828. The van der Waals surface area contributed by atoms with Gasteiger partial charge in [-0.25, -0.2) is 0 Å². The number of para-hydroxylation sites is 1. The van der Waals surface area contributed by atoms with Gasteiger partial charge in [-0.05, 0) is 55.9 Å². The fourth-order valence-corrected chi connectivity index (χ4v) is 2.67. The molecule has 20 heavy (non-hydrogen) atoms. The summed E-state index contributed by atoms with van der Waals surface area (Å²) in [5.41, 5.74) is 8.23. The Kier molecular flexibility index (Phi) is 5.10. The lowest BCUT2D eigenvalue weighted by molar-refractivity contribution is 0.467. The molecule has 0 aromatic heterocycles. The Morgan fingerprint density at radius 3 is 2.55 bits per heavy atom. The summed E-state index contributed by atoms with van der Waals surface area (Å²) in [4.78, 5) is 1.14. The molecule has 0 aliphatic heterocycles. The molecule has 106 valence electrons. The van der Waals surface area contributed by atoms with E-state index in [0.717, 1.165) is 28.4 Å². The SMILES string of the molecule is CSc1ccccc1Oc1ccc(CC(C)N)cc1C. The number of hydrogen-bond donors (Lipinski definition) is 1. The van der Waals surface area contributed by atoms with Crippen molar-refractivity contribution < 1.29 is 4.74 Å². The van der Waals surface area contributed by atoms with Gasteiger partial charge >= 0.3 is 0 Å². The highest BCUT2D eigenvalue weighted by molar-refractivity contribution is 7.98. The van der Waals surface area contributed by atoms with Crippen LogP contribution in [0.5, 0.6) is 11.5 Å². The van der Waals surface area contributed by atoms with E-state index in [1.54, 1.807) is 11.8 Å². The molecule has 2 rings (SSSR count). The Morgan fingerprint density at radius 2 is 1.90 bits per heavy atom. The summed E-state index contributed by atoms with van der Waals surface area (Å²) in [6, 6.07) is 14.5. The van der Waals surface area contributed by atoms with E-state index in [9.17, 15) is 0 Å². The summed E-state index contributed by atoms with van der Waals surface area (Å²) in [6.07, 6.45) is 2.95. The lowest BCUT2D eigenvalue weighted by Gasteiger charge is -2.13. The number of thioether (sulfide) groups is 1. The van der Waals surface area contributed by atoms with E-state index in [1.165, 1.54) is 5.56 Å². The lowest BCUT2D eigenvalue weighted by atomic mass is 10.0. The second kappa shape index (κ2) is 6.82. The minimum atomic E-state index is 0.179. The molecule has 2 aromatic carbocycles. The average Bonchev–Trinajstić information content (AvgIpc) is 2.42. The van der Waals surface area contributed by atoms with E-state index >= 15 is 0 Å². The molecule has 0 bridgehead atoms. The van der Waals surface area contributed by atoms with Gasteiger partial charge in [-0.15, -0.1) is 11.8 Å². The maximum Gasteiger partial charge on any atom is 0.140 e. The van der Waals surface area contributed by atoms with Crippen LogP contribution in [0.2, 0.25) is 0 Å². The third-order valence-electron chi connectivity index (χ3n) is 3.09. The number of aryl methyl sites for hydroxylation is 1. The summed E-state index contributed by atoms with van der Waals surface area (Å²) in [6.45, 7) is 4.09. The third-order valence-corrected chi connectivity index (χ3v) is 3.86.